The van der Waals surface area contributed by atoms with Gasteiger partial charge in [-0.05, 0) is 67.7 Å². The molecule has 0 saturated heterocycles. The molecule has 0 fully saturated rings. The molecule has 0 bridgehead atoms. The Labute approximate surface area is 248 Å². The van der Waals surface area contributed by atoms with Crippen LogP contribution in [0.15, 0.2) is 67.0 Å². The van der Waals surface area contributed by atoms with E-state index >= 15 is 0 Å². The maximum absolute atomic E-state index is 12.8. The molecule has 1 amide bonds. The van der Waals surface area contributed by atoms with Crippen molar-refractivity contribution in [2.45, 2.75) is 32.2 Å². The molecule has 0 aliphatic rings. The number of aromatic nitrogens is 1. The van der Waals surface area contributed by atoms with E-state index in [4.69, 9.17) is 28.4 Å². The molecule has 1 N–H and O–H groups in total. The average Bonchev–Trinajstić information content (AvgIpc) is 3.02. The Kier molecular flexibility index (Phi) is 12.1. The molecule has 0 aliphatic carbocycles. The fourth-order valence-corrected chi connectivity index (χ4v) is 4.70. The monoisotopic (exact) mass is 576 g/mol. The van der Waals surface area contributed by atoms with Crippen LogP contribution in [0.3, 0.4) is 0 Å². The first-order valence-electron chi connectivity index (χ1n) is 13.6. The number of pyridine rings is 1. The highest BCUT2D eigenvalue weighted by Gasteiger charge is 2.24. The highest BCUT2D eigenvalue weighted by atomic mass is 16.5. The van der Waals surface area contributed by atoms with Crippen LogP contribution in [0.25, 0.3) is 5.57 Å². The minimum atomic E-state index is -0.196. The highest BCUT2D eigenvalue weighted by Crippen LogP contribution is 2.48. The average molecular weight is 577 g/mol. The molecule has 224 valence electrons. The molecular formula is C33H40N2O7. The Morgan fingerprint density at radius 1 is 0.810 bits per heavy atom. The smallest absolute Gasteiger partial charge is 0.244 e. The van der Waals surface area contributed by atoms with E-state index in [1.165, 1.54) is 11.6 Å². The van der Waals surface area contributed by atoms with Crippen molar-refractivity contribution in [3.05, 3.63) is 83.7 Å². The van der Waals surface area contributed by atoms with Gasteiger partial charge in [0, 0.05) is 35.6 Å². The van der Waals surface area contributed by atoms with Crippen LogP contribution in [-0.2, 0) is 11.2 Å². The van der Waals surface area contributed by atoms with E-state index in [0.717, 1.165) is 19.3 Å². The van der Waals surface area contributed by atoms with E-state index in [9.17, 15) is 4.79 Å². The third kappa shape index (κ3) is 7.75. The molecule has 0 radical (unpaired) electrons. The lowest BCUT2D eigenvalue weighted by molar-refractivity contribution is -0.117. The summed E-state index contributed by atoms with van der Waals surface area (Å²) in [6.07, 6.45) is 11.4. The number of methoxy groups -OCH3 is 6. The van der Waals surface area contributed by atoms with Crippen molar-refractivity contribution >= 4 is 11.5 Å². The van der Waals surface area contributed by atoms with Gasteiger partial charge in [-0.3, -0.25) is 9.78 Å². The van der Waals surface area contributed by atoms with Crippen molar-refractivity contribution in [2.75, 3.05) is 42.7 Å². The van der Waals surface area contributed by atoms with Gasteiger partial charge >= 0.3 is 0 Å². The fraction of sp³-hybridized carbons (Fsp3) is 0.333. The molecule has 3 aromatic rings. The Morgan fingerprint density at radius 3 is 1.86 bits per heavy atom. The molecule has 1 atom stereocenters. The minimum absolute atomic E-state index is 0.0131. The molecule has 1 aromatic heterocycles. The summed E-state index contributed by atoms with van der Waals surface area (Å²) in [5.41, 5.74) is 3.26. The fourth-order valence-electron chi connectivity index (χ4n) is 4.70. The zero-order valence-electron chi connectivity index (χ0n) is 25.4. The van der Waals surface area contributed by atoms with Crippen molar-refractivity contribution in [2.24, 2.45) is 0 Å². The van der Waals surface area contributed by atoms with Crippen LogP contribution in [0, 0.1) is 0 Å². The number of carbonyl (C=O) groups excluding carboxylic acids is 1. The number of amides is 1. The maximum atomic E-state index is 12.8. The molecule has 2 aromatic carbocycles. The van der Waals surface area contributed by atoms with Crippen molar-refractivity contribution < 1.29 is 33.2 Å². The first-order chi connectivity index (χ1) is 20.4. The largest absolute Gasteiger partial charge is 0.493 e. The quantitative estimate of drug-likeness (QED) is 0.183. The number of hydrogen-bond acceptors (Lipinski definition) is 8. The van der Waals surface area contributed by atoms with Gasteiger partial charge in [0.25, 0.3) is 0 Å². The molecule has 9 heteroatoms. The van der Waals surface area contributed by atoms with Crippen molar-refractivity contribution in [3.63, 3.8) is 0 Å². The summed E-state index contributed by atoms with van der Waals surface area (Å²) in [5, 5.41) is 3.04. The summed E-state index contributed by atoms with van der Waals surface area (Å²) in [6, 6.07) is 11.3. The second-order valence-corrected chi connectivity index (χ2v) is 9.37. The topological polar surface area (TPSA) is 97.4 Å². The number of nitrogens with one attached hydrogen (secondary N) is 1. The van der Waals surface area contributed by atoms with Crippen LogP contribution < -0.4 is 33.7 Å². The molecule has 0 aliphatic heterocycles. The van der Waals surface area contributed by atoms with Crippen molar-refractivity contribution in [3.8, 4) is 34.5 Å². The van der Waals surface area contributed by atoms with Crippen LogP contribution in [0.1, 0.15) is 36.5 Å². The lowest BCUT2D eigenvalue weighted by Gasteiger charge is -2.20. The number of nitrogens with zero attached hydrogens (tertiary/aromatic N) is 1. The van der Waals surface area contributed by atoms with Gasteiger partial charge in [0.2, 0.25) is 17.4 Å². The van der Waals surface area contributed by atoms with E-state index in [-0.39, 0.29) is 11.9 Å². The Balaban J connectivity index is 1.95. The molecule has 0 spiro atoms. The van der Waals surface area contributed by atoms with Crippen LogP contribution >= 0.6 is 0 Å². The first-order valence-corrected chi connectivity index (χ1v) is 13.6. The van der Waals surface area contributed by atoms with Gasteiger partial charge in [-0.1, -0.05) is 18.2 Å². The summed E-state index contributed by atoms with van der Waals surface area (Å²) in [5.74, 6) is 2.63. The number of benzene rings is 2. The number of ether oxygens (including phenoxy) is 6. The summed E-state index contributed by atoms with van der Waals surface area (Å²) in [6.45, 7) is 2.00. The van der Waals surface area contributed by atoms with E-state index in [1.807, 2.05) is 37.4 Å². The molecule has 42 heavy (non-hydrogen) atoms. The molecule has 3 rings (SSSR count). The lowest BCUT2D eigenvalue weighted by atomic mass is 9.94. The van der Waals surface area contributed by atoms with Gasteiger partial charge in [-0.15, -0.1) is 0 Å². The zero-order chi connectivity index (χ0) is 30.5. The number of aryl methyl sites for hydroxylation is 1. The first kappa shape index (κ1) is 31.9. The van der Waals surface area contributed by atoms with E-state index < -0.39 is 0 Å². The normalized spacial score (nSPS) is 11.4. The molecule has 9 nitrogen and oxygen atoms in total. The predicted molar refractivity (Wildman–Crippen MR) is 163 cm³/mol. The van der Waals surface area contributed by atoms with Crippen LogP contribution in [-0.4, -0.2) is 59.6 Å². The van der Waals surface area contributed by atoms with Crippen molar-refractivity contribution in [1.82, 2.24) is 10.3 Å². The SMILES string of the molecule is COc1ccc(C(=C/C=C/C(=O)N[C@H](C)CCCc2cccnc2)c2ccc(OC)c(OC)c2OC)c(OC)c1OC. The summed E-state index contributed by atoms with van der Waals surface area (Å²) in [7, 11) is 9.34. The van der Waals surface area contributed by atoms with Crippen LogP contribution in [0.2, 0.25) is 0 Å². The molecule has 0 saturated carbocycles. The number of hydrogen-bond donors (Lipinski definition) is 1. The zero-order valence-corrected chi connectivity index (χ0v) is 25.4. The Morgan fingerprint density at radius 2 is 1.38 bits per heavy atom. The predicted octanol–water partition coefficient (Wildman–Crippen LogP) is 5.65. The van der Waals surface area contributed by atoms with E-state index in [0.29, 0.717) is 51.2 Å². The van der Waals surface area contributed by atoms with Gasteiger partial charge in [-0.2, -0.15) is 0 Å². The van der Waals surface area contributed by atoms with Gasteiger partial charge in [-0.25, -0.2) is 0 Å². The molecule has 0 unspecified atom stereocenters. The van der Waals surface area contributed by atoms with Gasteiger partial charge in [0.1, 0.15) is 0 Å². The van der Waals surface area contributed by atoms with Gasteiger partial charge in [0.05, 0.1) is 42.7 Å². The second-order valence-electron chi connectivity index (χ2n) is 9.37. The lowest BCUT2D eigenvalue weighted by Crippen LogP contribution is -2.31. The summed E-state index contributed by atoms with van der Waals surface area (Å²) < 4.78 is 33.8. The number of rotatable bonds is 15. The van der Waals surface area contributed by atoms with E-state index in [1.54, 1.807) is 67.1 Å². The van der Waals surface area contributed by atoms with Crippen LogP contribution in [0.4, 0.5) is 0 Å². The second kappa shape index (κ2) is 16.0. The minimum Gasteiger partial charge on any atom is -0.493 e. The molecule has 1 heterocycles. The number of allylic oxidation sites excluding steroid dienone is 2. The number of carbonyl (C=O) groups is 1. The molecular weight excluding hydrogens is 536 g/mol. The summed E-state index contributed by atoms with van der Waals surface area (Å²) in [4.78, 5) is 16.9. The highest BCUT2D eigenvalue weighted by molar-refractivity contribution is 5.92. The third-order valence-electron chi connectivity index (χ3n) is 6.71. The van der Waals surface area contributed by atoms with Crippen molar-refractivity contribution in [1.29, 1.82) is 0 Å². The van der Waals surface area contributed by atoms with E-state index in [2.05, 4.69) is 16.4 Å². The van der Waals surface area contributed by atoms with Crippen LogP contribution in [0.5, 0.6) is 34.5 Å². The standard InChI is InChI=1S/C33H40N2O7/c1-22(11-8-12-23-13-10-20-34-21-23)35-29(36)15-9-14-24(25-16-18-27(37-2)32(41-6)30(25)39-4)26-17-19-28(38-3)33(42-7)31(26)40-5/h9-10,13-22H,8,11-12H2,1-7H3,(H,35,36)/b15-9+/t22-/m1/s1. The van der Waals surface area contributed by atoms with Gasteiger partial charge in [0.15, 0.2) is 23.0 Å². The Bertz CT molecular complexity index is 1320. The van der Waals surface area contributed by atoms with Gasteiger partial charge < -0.3 is 33.7 Å². The summed E-state index contributed by atoms with van der Waals surface area (Å²) >= 11 is 0. The Hall–Kier alpha value is -4.66. The third-order valence-corrected chi connectivity index (χ3v) is 6.71. The maximum Gasteiger partial charge on any atom is 0.244 e.